The summed E-state index contributed by atoms with van der Waals surface area (Å²) >= 11 is 5.98. The monoisotopic (exact) mass is 380 g/mol. The molecule has 2 N–H and O–H groups in total. The average Bonchev–Trinajstić information content (AvgIpc) is 2.98. The second-order valence-corrected chi connectivity index (χ2v) is 7.33. The zero-order chi connectivity index (χ0) is 16.7. The Bertz CT molecular complexity index is 755. The molecule has 5 nitrogen and oxygen atoms in total. The van der Waals surface area contributed by atoms with Crippen LogP contribution in [0, 0.1) is 5.92 Å². The van der Waals surface area contributed by atoms with Crippen molar-refractivity contribution in [1.29, 1.82) is 0 Å². The van der Waals surface area contributed by atoms with E-state index in [2.05, 4.69) is 15.7 Å². The smallest absolute Gasteiger partial charge is 0.225 e. The van der Waals surface area contributed by atoms with Crippen LogP contribution in [0.4, 0.5) is 0 Å². The molecular formula is C18H22Cl2N4O. The van der Waals surface area contributed by atoms with Gasteiger partial charge in [-0.3, -0.25) is 9.48 Å². The minimum atomic E-state index is -0.205. The summed E-state index contributed by atoms with van der Waals surface area (Å²) in [6.45, 7) is 1.53. The molecule has 1 saturated carbocycles. The van der Waals surface area contributed by atoms with Crippen LogP contribution in [0.5, 0.6) is 0 Å². The Morgan fingerprint density at radius 3 is 2.64 bits per heavy atom. The third-order valence-electron chi connectivity index (χ3n) is 5.21. The van der Waals surface area contributed by atoms with Crippen molar-refractivity contribution in [3.63, 3.8) is 0 Å². The summed E-state index contributed by atoms with van der Waals surface area (Å²) in [5, 5.41) is 11.6. The van der Waals surface area contributed by atoms with Crippen molar-refractivity contribution in [3.05, 3.63) is 52.8 Å². The van der Waals surface area contributed by atoms with E-state index in [1.165, 1.54) is 0 Å². The summed E-state index contributed by atoms with van der Waals surface area (Å²) in [6, 6.07) is 7.81. The Morgan fingerprint density at radius 1 is 1.32 bits per heavy atom. The summed E-state index contributed by atoms with van der Waals surface area (Å²) in [7, 11) is 1.90. The summed E-state index contributed by atoms with van der Waals surface area (Å²) < 4.78 is 1.79. The number of amides is 1. The Hall–Kier alpha value is -1.56. The molecule has 0 unspecified atom stereocenters. The zero-order valence-corrected chi connectivity index (χ0v) is 15.6. The minimum absolute atomic E-state index is 0. The molecule has 0 bridgehead atoms. The highest BCUT2D eigenvalue weighted by Gasteiger charge is 2.47. The first-order valence-corrected chi connectivity index (χ1v) is 8.72. The highest BCUT2D eigenvalue weighted by atomic mass is 35.5. The molecule has 2 fully saturated rings. The predicted molar refractivity (Wildman–Crippen MR) is 100 cm³/mol. The number of nitrogens with one attached hydrogen (secondary N) is 2. The molecule has 1 aliphatic carbocycles. The average molecular weight is 381 g/mol. The van der Waals surface area contributed by atoms with Crippen molar-refractivity contribution in [3.8, 4) is 0 Å². The number of halogens is 2. The summed E-state index contributed by atoms with van der Waals surface area (Å²) in [6.07, 6.45) is 5.84. The third-order valence-corrected chi connectivity index (χ3v) is 5.47. The molecule has 1 amide bonds. The fourth-order valence-electron chi connectivity index (χ4n) is 3.64. The van der Waals surface area contributed by atoms with Crippen molar-refractivity contribution in [2.24, 2.45) is 13.0 Å². The van der Waals surface area contributed by atoms with Gasteiger partial charge in [-0.1, -0.05) is 23.7 Å². The van der Waals surface area contributed by atoms with Crippen LogP contribution >= 0.6 is 24.0 Å². The van der Waals surface area contributed by atoms with E-state index in [4.69, 9.17) is 11.6 Å². The van der Waals surface area contributed by atoms with Crippen LogP contribution in [-0.2, 0) is 17.4 Å². The second-order valence-electron chi connectivity index (χ2n) is 6.90. The van der Waals surface area contributed by atoms with Crippen molar-refractivity contribution >= 4 is 29.9 Å². The van der Waals surface area contributed by atoms with Gasteiger partial charge < -0.3 is 10.6 Å². The molecule has 7 heteroatoms. The normalized spacial score (nSPS) is 23.8. The number of carbonyl (C=O) groups excluding carboxylic acids is 1. The Kier molecular flexibility index (Phi) is 5.09. The number of rotatable bonds is 4. The van der Waals surface area contributed by atoms with E-state index >= 15 is 0 Å². The van der Waals surface area contributed by atoms with E-state index in [0.29, 0.717) is 6.54 Å². The van der Waals surface area contributed by atoms with Gasteiger partial charge in [-0.05, 0) is 36.1 Å². The van der Waals surface area contributed by atoms with Crippen LogP contribution in [0.15, 0.2) is 36.7 Å². The molecule has 1 aromatic carbocycles. The van der Waals surface area contributed by atoms with Gasteiger partial charge in [0, 0.05) is 37.3 Å². The van der Waals surface area contributed by atoms with Gasteiger partial charge in [0.15, 0.2) is 0 Å². The third kappa shape index (κ3) is 3.54. The molecule has 2 heterocycles. The highest BCUT2D eigenvalue weighted by molar-refractivity contribution is 6.30. The number of hydrogen-bond acceptors (Lipinski definition) is 3. The van der Waals surface area contributed by atoms with Gasteiger partial charge in [-0.15, -0.1) is 12.4 Å². The summed E-state index contributed by atoms with van der Waals surface area (Å²) in [4.78, 5) is 12.9. The summed E-state index contributed by atoms with van der Waals surface area (Å²) in [5.41, 5.74) is 2.06. The first-order valence-electron chi connectivity index (χ1n) is 8.35. The van der Waals surface area contributed by atoms with Gasteiger partial charge in [-0.2, -0.15) is 5.10 Å². The van der Waals surface area contributed by atoms with Gasteiger partial charge >= 0.3 is 0 Å². The van der Waals surface area contributed by atoms with Crippen LogP contribution < -0.4 is 10.6 Å². The standard InChI is InChI=1S/C18H21ClN4O.ClH/c1-23-11-12(8-21-23)15-9-20-10-16(15)17(24)22-18(6-7-18)13-2-4-14(19)5-3-13;/h2-5,8,11,15-16,20H,6-7,9-10H2,1H3,(H,22,24);1H/t15-,16+;/m1./s1. The van der Waals surface area contributed by atoms with Crippen molar-refractivity contribution < 1.29 is 4.79 Å². The molecule has 0 radical (unpaired) electrons. The number of benzene rings is 1. The molecule has 2 aliphatic rings. The van der Waals surface area contributed by atoms with E-state index in [9.17, 15) is 4.79 Å². The quantitative estimate of drug-likeness (QED) is 0.856. The lowest BCUT2D eigenvalue weighted by Crippen LogP contribution is -2.41. The van der Waals surface area contributed by atoms with E-state index in [1.807, 2.05) is 43.7 Å². The van der Waals surface area contributed by atoms with Crippen LogP contribution in [0.1, 0.15) is 29.9 Å². The Morgan fingerprint density at radius 2 is 2.04 bits per heavy atom. The van der Waals surface area contributed by atoms with Gasteiger partial charge in [0.1, 0.15) is 0 Å². The molecule has 0 spiro atoms. The van der Waals surface area contributed by atoms with Crippen LogP contribution in [-0.4, -0.2) is 28.8 Å². The molecule has 25 heavy (non-hydrogen) atoms. The lowest BCUT2D eigenvalue weighted by atomic mass is 9.89. The van der Waals surface area contributed by atoms with Crippen LogP contribution in [0.2, 0.25) is 5.02 Å². The van der Waals surface area contributed by atoms with Crippen molar-refractivity contribution in [1.82, 2.24) is 20.4 Å². The van der Waals surface area contributed by atoms with E-state index in [1.54, 1.807) is 4.68 Å². The maximum absolute atomic E-state index is 12.9. The van der Waals surface area contributed by atoms with Gasteiger partial charge in [0.05, 0.1) is 17.7 Å². The first kappa shape index (κ1) is 18.2. The molecular weight excluding hydrogens is 359 g/mol. The first-order chi connectivity index (χ1) is 11.6. The highest BCUT2D eigenvalue weighted by Crippen LogP contribution is 2.46. The van der Waals surface area contributed by atoms with Gasteiger partial charge in [0.25, 0.3) is 0 Å². The lowest BCUT2D eigenvalue weighted by Gasteiger charge is -2.23. The molecule has 134 valence electrons. The predicted octanol–water partition coefficient (Wildman–Crippen LogP) is 2.60. The maximum Gasteiger partial charge on any atom is 0.225 e. The van der Waals surface area contributed by atoms with Crippen molar-refractivity contribution in [2.45, 2.75) is 24.3 Å². The van der Waals surface area contributed by atoms with Crippen LogP contribution in [0.3, 0.4) is 0 Å². The number of aromatic nitrogens is 2. The number of carbonyl (C=O) groups is 1. The fraction of sp³-hybridized carbons (Fsp3) is 0.444. The molecule has 1 aliphatic heterocycles. The second kappa shape index (κ2) is 6.98. The number of nitrogens with zero attached hydrogens (tertiary/aromatic N) is 2. The Balaban J connectivity index is 0.00000182. The largest absolute Gasteiger partial charge is 0.346 e. The number of aryl methyl sites for hydroxylation is 1. The van der Waals surface area contributed by atoms with E-state index in [-0.39, 0.29) is 35.7 Å². The molecule has 1 aromatic heterocycles. The zero-order valence-electron chi connectivity index (χ0n) is 14.0. The Labute approximate surface area is 158 Å². The van der Waals surface area contributed by atoms with E-state index < -0.39 is 0 Å². The van der Waals surface area contributed by atoms with Gasteiger partial charge in [0.2, 0.25) is 5.91 Å². The topological polar surface area (TPSA) is 59.0 Å². The molecule has 2 aromatic rings. The lowest BCUT2D eigenvalue weighted by molar-refractivity contribution is -0.125. The molecule has 2 atom stereocenters. The molecule has 4 rings (SSSR count). The van der Waals surface area contributed by atoms with Gasteiger partial charge in [-0.25, -0.2) is 0 Å². The van der Waals surface area contributed by atoms with E-state index in [0.717, 1.165) is 35.5 Å². The van der Waals surface area contributed by atoms with Crippen molar-refractivity contribution in [2.75, 3.05) is 13.1 Å². The minimum Gasteiger partial charge on any atom is -0.346 e. The van der Waals surface area contributed by atoms with Crippen LogP contribution in [0.25, 0.3) is 0 Å². The SMILES string of the molecule is Cl.Cn1cc([C@H]2CNC[C@@H]2C(=O)NC2(c3ccc(Cl)cc3)CC2)cn1. The maximum atomic E-state index is 12.9. The number of hydrogen-bond donors (Lipinski definition) is 2. The fourth-order valence-corrected chi connectivity index (χ4v) is 3.77. The summed E-state index contributed by atoms with van der Waals surface area (Å²) in [5.74, 6) is 0.250. The molecule has 1 saturated heterocycles.